The van der Waals surface area contributed by atoms with Crippen molar-refractivity contribution in [1.82, 2.24) is 9.88 Å². The first-order chi connectivity index (χ1) is 11.9. The van der Waals surface area contributed by atoms with Crippen molar-refractivity contribution < 1.29 is 22.8 Å². The number of hydrogen-bond donors (Lipinski definition) is 1. The number of carbonyl (C=O) groups excluding carboxylic acids is 2. The molecule has 0 aliphatic carbocycles. The van der Waals surface area contributed by atoms with Gasteiger partial charge >= 0.3 is 12.1 Å². The number of fused-ring (bicyclic) bond motifs is 1. The Kier molecular flexibility index (Phi) is 4.61. The van der Waals surface area contributed by atoms with Crippen LogP contribution in [0.4, 0.5) is 18.9 Å². The quantitative estimate of drug-likeness (QED) is 0.905. The van der Waals surface area contributed by atoms with Crippen LogP contribution in [0.15, 0.2) is 36.5 Å². The molecule has 2 aromatic rings. The summed E-state index contributed by atoms with van der Waals surface area (Å²) in [7, 11) is 0. The summed E-state index contributed by atoms with van der Waals surface area (Å²) in [6.07, 6.45) is -2.85. The molecule has 1 aromatic heterocycles. The summed E-state index contributed by atoms with van der Waals surface area (Å²) in [5.74, 6) is -2.54. The second-order valence-electron chi connectivity index (χ2n) is 5.93. The molecule has 5 nitrogen and oxygen atoms in total. The molecule has 0 spiro atoms. The summed E-state index contributed by atoms with van der Waals surface area (Å²) >= 11 is 0. The van der Waals surface area contributed by atoms with Crippen molar-refractivity contribution in [2.24, 2.45) is 5.92 Å². The minimum atomic E-state index is -4.87. The van der Waals surface area contributed by atoms with Gasteiger partial charge in [0.2, 0.25) is 5.91 Å². The van der Waals surface area contributed by atoms with Crippen LogP contribution in [0.2, 0.25) is 0 Å². The first-order valence-corrected chi connectivity index (χ1v) is 7.87. The fourth-order valence-corrected chi connectivity index (χ4v) is 2.96. The highest BCUT2D eigenvalue weighted by Crippen LogP contribution is 2.26. The molecule has 8 heteroatoms. The zero-order chi connectivity index (χ0) is 18.0. The Labute approximate surface area is 141 Å². The lowest BCUT2D eigenvalue weighted by atomic mass is 9.95. The minimum Gasteiger partial charge on any atom is -0.335 e. The van der Waals surface area contributed by atoms with E-state index in [0.717, 1.165) is 10.3 Å². The fourth-order valence-electron chi connectivity index (χ4n) is 2.96. The highest BCUT2D eigenvalue weighted by Gasteiger charge is 2.43. The second kappa shape index (κ2) is 6.70. The van der Waals surface area contributed by atoms with Gasteiger partial charge in [-0.1, -0.05) is 18.2 Å². The molecule has 0 unspecified atom stereocenters. The van der Waals surface area contributed by atoms with Gasteiger partial charge in [0.1, 0.15) is 0 Å². The fraction of sp³-hybridized carbons (Fsp3) is 0.353. The van der Waals surface area contributed by atoms with Gasteiger partial charge in [0.05, 0.1) is 11.2 Å². The number of amides is 2. The van der Waals surface area contributed by atoms with Gasteiger partial charge in [-0.05, 0) is 25.0 Å². The number of rotatable bonds is 2. The average molecular weight is 351 g/mol. The third-order valence-electron chi connectivity index (χ3n) is 4.29. The van der Waals surface area contributed by atoms with Crippen molar-refractivity contribution in [3.05, 3.63) is 36.5 Å². The van der Waals surface area contributed by atoms with Crippen molar-refractivity contribution >= 4 is 28.4 Å². The van der Waals surface area contributed by atoms with Gasteiger partial charge in [0.25, 0.3) is 0 Å². The molecular weight excluding hydrogens is 335 g/mol. The SMILES string of the molecule is O=C(Nc1cccc2cccnc12)C1CCN(C(=O)C(F)(F)F)CC1. The van der Waals surface area contributed by atoms with Crippen LogP contribution in [-0.2, 0) is 9.59 Å². The maximum atomic E-state index is 12.4. The van der Waals surface area contributed by atoms with Gasteiger partial charge in [-0.25, -0.2) is 0 Å². The predicted molar refractivity (Wildman–Crippen MR) is 85.7 cm³/mol. The van der Waals surface area contributed by atoms with Gasteiger partial charge < -0.3 is 10.2 Å². The van der Waals surface area contributed by atoms with Crippen LogP contribution in [0.5, 0.6) is 0 Å². The Morgan fingerprint density at radius 2 is 1.80 bits per heavy atom. The van der Waals surface area contributed by atoms with Gasteiger partial charge in [0, 0.05) is 30.6 Å². The topological polar surface area (TPSA) is 62.3 Å². The first kappa shape index (κ1) is 17.2. The Morgan fingerprint density at radius 1 is 1.12 bits per heavy atom. The minimum absolute atomic E-state index is 0.0791. The van der Waals surface area contributed by atoms with E-state index in [2.05, 4.69) is 10.3 Å². The van der Waals surface area contributed by atoms with Gasteiger partial charge in [-0.15, -0.1) is 0 Å². The molecule has 0 saturated carbocycles. The molecule has 1 saturated heterocycles. The van der Waals surface area contributed by atoms with Crippen LogP contribution in [-0.4, -0.2) is 41.0 Å². The van der Waals surface area contributed by atoms with Crippen molar-refractivity contribution in [3.8, 4) is 0 Å². The average Bonchev–Trinajstić information content (AvgIpc) is 2.61. The van der Waals surface area contributed by atoms with Crippen LogP contribution in [0.3, 0.4) is 0 Å². The van der Waals surface area contributed by atoms with E-state index >= 15 is 0 Å². The summed E-state index contributed by atoms with van der Waals surface area (Å²) in [5.41, 5.74) is 1.22. The highest BCUT2D eigenvalue weighted by atomic mass is 19.4. The lowest BCUT2D eigenvalue weighted by Gasteiger charge is -2.31. The number of pyridine rings is 1. The number of alkyl halides is 3. The lowest BCUT2D eigenvalue weighted by molar-refractivity contribution is -0.186. The highest BCUT2D eigenvalue weighted by molar-refractivity contribution is 6.01. The van der Waals surface area contributed by atoms with Gasteiger partial charge in [-0.3, -0.25) is 14.6 Å². The van der Waals surface area contributed by atoms with E-state index < -0.39 is 18.0 Å². The van der Waals surface area contributed by atoms with Crippen LogP contribution >= 0.6 is 0 Å². The van der Waals surface area contributed by atoms with Crippen molar-refractivity contribution in [1.29, 1.82) is 0 Å². The van der Waals surface area contributed by atoms with Crippen molar-refractivity contribution in [3.63, 3.8) is 0 Å². The molecule has 132 valence electrons. The molecule has 0 radical (unpaired) electrons. The monoisotopic (exact) mass is 351 g/mol. The normalized spacial score (nSPS) is 16.0. The van der Waals surface area contributed by atoms with Crippen molar-refractivity contribution in [2.75, 3.05) is 18.4 Å². The summed E-state index contributed by atoms with van der Waals surface area (Å²) < 4.78 is 37.3. The maximum Gasteiger partial charge on any atom is 0.471 e. The molecule has 1 aromatic carbocycles. The Balaban J connectivity index is 1.64. The number of halogens is 3. The lowest BCUT2D eigenvalue weighted by Crippen LogP contribution is -2.46. The smallest absolute Gasteiger partial charge is 0.335 e. The standard InChI is InChI=1S/C17H16F3N3O2/c18-17(19,20)16(25)23-9-6-12(7-10-23)15(24)22-13-5-1-3-11-4-2-8-21-14(11)13/h1-5,8,12H,6-7,9-10H2,(H,22,24). The number of nitrogens with zero attached hydrogens (tertiary/aromatic N) is 2. The van der Waals surface area contributed by atoms with E-state index in [0.29, 0.717) is 11.2 Å². The summed E-state index contributed by atoms with van der Waals surface area (Å²) in [5, 5.41) is 3.68. The summed E-state index contributed by atoms with van der Waals surface area (Å²) in [6.45, 7) is -0.158. The van der Waals surface area contributed by atoms with Gasteiger partial charge in [-0.2, -0.15) is 13.2 Å². The van der Waals surface area contributed by atoms with Crippen molar-refractivity contribution in [2.45, 2.75) is 19.0 Å². The van der Waals surface area contributed by atoms with Crippen LogP contribution in [0.1, 0.15) is 12.8 Å². The molecule has 0 atom stereocenters. The number of carbonyl (C=O) groups is 2. The molecular formula is C17H16F3N3O2. The molecule has 25 heavy (non-hydrogen) atoms. The maximum absolute atomic E-state index is 12.4. The van der Waals surface area contributed by atoms with E-state index in [9.17, 15) is 22.8 Å². The summed E-state index contributed by atoms with van der Waals surface area (Å²) in [6, 6.07) is 9.07. The molecule has 0 bridgehead atoms. The van der Waals surface area contributed by atoms with Crippen LogP contribution < -0.4 is 5.32 Å². The first-order valence-electron chi connectivity index (χ1n) is 7.87. The molecule has 1 fully saturated rings. The third kappa shape index (κ3) is 3.72. The number of aromatic nitrogens is 1. The third-order valence-corrected chi connectivity index (χ3v) is 4.29. The molecule has 1 aliphatic rings. The second-order valence-corrected chi connectivity index (χ2v) is 5.93. The van der Waals surface area contributed by atoms with Crippen LogP contribution in [0.25, 0.3) is 10.9 Å². The van der Waals surface area contributed by atoms with Crippen LogP contribution in [0, 0.1) is 5.92 Å². The zero-order valence-electron chi connectivity index (χ0n) is 13.2. The van der Waals surface area contributed by atoms with Gasteiger partial charge in [0.15, 0.2) is 0 Å². The number of para-hydroxylation sites is 1. The van der Waals surface area contributed by atoms with E-state index in [-0.39, 0.29) is 31.8 Å². The molecule has 1 aliphatic heterocycles. The number of likely N-dealkylation sites (tertiary alicyclic amines) is 1. The number of nitrogens with one attached hydrogen (secondary N) is 1. The number of anilines is 1. The van der Waals surface area contributed by atoms with E-state index in [4.69, 9.17) is 0 Å². The molecule has 1 N–H and O–H groups in total. The Bertz CT molecular complexity index is 794. The van der Waals surface area contributed by atoms with E-state index in [1.54, 1.807) is 24.4 Å². The Hall–Kier alpha value is -2.64. The van der Waals surface area contributed by atoms with E-state index in [1.165, 1.54) is 0 Å². The summed E-state index contributed by atoms with van der Waals surface area (Å²) in [4.78, 5) is 28.6. The Morgan fingerprint density at radius 3 is 2.48 bits per heavy atom. The largest absolute Gasteiger partial charge is 0.471 e. The molecule has 3 rings (SSSR count). The molecule has 2 amide bonds. The number of benzene rings is 1. The molecule has 2 heterocycles. The van der Waals surface area contributed by atoms with E-state index in [1.807, 2.05) is 12.1 Å². The number of hydrogen-bond acceptors (Lipinski definition) is 3. The predicted octanol–water partition coefficient (Wildman–Crippen LogP) is 2.97. The zero-order valence-corrected chi connectivity index (χ0v) is 13.2. The number of piperidine rings is 1.